The lowest BCUT2D eigenvalue weighted by Crippen LogP contribution is -2.28. The van der Waals surface area contributed by atoms with Gasteiger partial charge in [0.2, 0.25) is 0 Å². The first-order valence-electron chi connectivity index (χ1n) is 10.0. The largest absolute Gasteiger partial charge is 0.363 e. The Bertz CT molecular complexity index is 659. The molecule has 2 aromatic rings. The molecule has 0 aliphatic carbocycles. The van der Waals surface area contributed by atoms with Gasteiger partial charge in [-0.2, -0.15) is 0 Å². The highest BCUT2D eigenvalue weighted by Gasteiger charge is 2.11. The molecule has 6 N–H and O–H groups in total. The molecule has 1 heterocycles. The standard InChI is InChI=1S/C11H16N2.C10H12N2.2CH5N/c1-2-13(10-12)9-8-11-6-4-3-5-7-11;11-8-12-6-5-9-3-1-2-4-10(9)7-12;2*1-2/h3-7,10,12H,2,8-9H2,1H3;1-4,8,11H,5-7H2;2*2H2,1H3. The summed E-state index contributed by atoms with van der Waals surface area (Å²) in [6, 6.07) is 18.8. The second-order valence-corrected chi connectivity index (χ2v) is 6.11. The zero-order valence-corrected chi connectivity index (χ0v) is 18.1. The van der Waals surface area contributed by atoms with Crippen molar-refractivity contribution in [1.29, 1.82) is 10.8 Å². The molecule has 0 saturated carbocycles. The predicted octanol–water partition coefficient (Wildman–Crippen LogP) is 2.96. The molecule has 0 atom stereocenters. The van der Waals surface area contributed by atoms with E-state index >= 15 is 0 Å². The van der Waals surface area contributed by atoms with Crippen molar-refractivity contribution in [3.63, 3.8) is 0 Å². The highest BCUT2D eigenvalue weighted by atomic mass is 15.1. The molecule has 3 rings (SSSR count). The van der Waals surface area contributed by atoms with E-state index in [9.17, 15) is 0 Å². The second-order valence-electron chi connectivity index (χ2n) is 6.11. The van der Waals surface area contributed by atoms with Crippen molar-refractivity contribution in [3.8, 4) is 0 Å². The van der Waals surface area contributed by atoms with Crippen LogP contribution < -0.4 is 11.5 Å². The van der Waals surface area contributed by atoms with Crippen LogP contribution in [0.5, 0.6) is 0 Å². The zero-order chi connectivity index (χ0) is 21.9. The number of nitrogens with two attached hydrogens (primary N) is 2. The molecule has 0 saturated heterocycles. The van der Waals surface area contributed by atoms with Crippen molar-refractivity contribution >= 4 is 12.7 Å². The smallest absolute Gasteiger partial charge is 0.0820 e. The molecule has 0 bridgehead atoms. The third-order valence-electron chi connectivity index (χ3n) is 4.46. The lowest BCUT2D eigenvalue weighted by Gasteiger charge is -2.26. The van der Waals surface area contributed by atoms with Gasteiger partial charge in [0.25, 0.3) is 0 Å². The molecule has 2 aromatic carbocycles. The van der Waals surface area contributed by atoms with Gasteiger partial charge in [-0.05, 0) is 50.6 Å². The molecule has 0 fully saturated rings. The molecule has 0 aromatic heterocycles. The summed E-state index contributed by atoms with van der Waals surface area (Å²) in [5, 5.41) is 14.3. The molecule has 0 spiro atoms. The molecule has 0 amide bonds. The minimum Gasteiger partial charge on any atom is -0.363 e. The van der Waals surface area contributed by atoms with Crippen molar-refractivity contribution < 1.29 is 0 Å². The van der Waals surface area contributed by atoms with Crippen LogP contribution in [0.1, 0.15) is 23.6 Å². The van der Waals surface area contributed by atoms with Gasteiger partial charge in [0, 0.05) is 26.2 Å². The first-order valence-corrected chi connectivity index (χ1v) is 10.0. The summed E-state index contributed by atoms with van der Waals surface area (Å²) in [5.74, 6) is 0. The fourth-order valence-corrected chi connectivity index (χ4v) is 2.86. The first kappa shape index (κ1) is 26.3. The Balaban J connectivity index is 0.000000462. The van der Waals surface area contributed by atoms with Crippen LogP contribution in [0.25, 0.3) is 0 Å². The summed E-state index contributed by atoms with van der Waals surface area (Å²) in [5.41, 5.74) is 13.1. The number of rotatable bonds is 6. The quantitative estimate of drug-likeness (QED) is 0.443. The molecule has 0 unspecified atom stereocenters. The van der Waals surface area contributed by atoms with Gasteiger partial charge in [-0.15, -0.1) is 0 Å². The van der Waals surface area contributed by atoms with Crippen LogP contribution >= 0.6 is 0 Å². The molecular formula is C23H38N6. The summed E-state index contributed by atoms with van der Waals surface area (Å²) in [6.07, 6.45) is 4.93. The first-order chi connectivity index (χ1) is 14.3. The van der Waals surface area contributed by atoms with Crippen molar-refractivity contribution in [2.45, 2.75) is 26.3 Å². The molecule has 1 aliphatic rings. The molecule has 1 aliphatic heterocycles. The number of nitrogens with one attached hydrogen (secondary N) is 2. The summed E-state index contributed by atoms with van der Waals surface area (Å²) in [7, 11) is 3.00. The maximum absolute atomic E-state index is 7.14. The van der Waals surface area contributed by atoms with Crippen LogP contribution in [0.2, 0.25) is 0 Å². The van der Waals surface area contributed by atoms with Gasteiger partial charge in [-0.1, -0.05) is 54.6 Å². The highest BCUT2D eigenvalue weighted by molar-refractivity contribution is 5.52. The molecule has 0 radical (unpaired) electrons. The maximum atomic E-state index is 7.14. The van der Waals surface area contributed by atoms with E-state index in [1.54, 1.807) is 0 Å². The van der Waals surface area contributed by atoms with E-state index in [0.29, 0.717) is 0 Å². The number of likely N-dealkylation sites (N-methyl/N-ethyl adjacent to an activating group) is 1. The Morgan fingerprint density at radius 2 is 1.52 bits per heavy atom. The van der Waals surface area contributed by atoms with Crippen LogP contribution in [0.3, 0.4) is 0 Å². The Hall–Kier alpha value is -2.70. The van der Waals surface area contributed by atoms with Gasteiger partial charge >= 0.3 is 0 Å². The predicted molar refractivity (Wildman–Crippen MR) is 126 cm³/mol. The minimum absolute atomic E-state index is 0.902. The topological polar surface area (TPSA) is 106 Å². The fraction of sp³-hybridized carbons (Fsp3) is 0.391. The van der Waals surface area contributed by atoms with Gasteiger partial charge < -0.3 is 21.3 Å². The highest BCUT2D eigenvalue weighted by Crippen LogP contribution is 2.16. The Labute approximate surface area is 176 Å². The number of nitrogens with zero attached hydrogens (tertiary/aromatic N) is 2. The van der Waals surface area contributed by atoms with E-state index < -0.39 is 0 Å². The summed E-state index contributed by atoms with van der Waals surface area (Å²) >= 11 is 0. The Morgan fingerprint density at radius 1 is 0.931 bits per heavy atom. The van der Waals surface area contributed by atoms with Gasteiger partial charge in [0.05, 0.1) is 12.7 Å². The second kappa shape index (κ2) is 17.4. The zero-order valence-electron chi connectivity index (χ0n) is 18.1. The average molecular weight is 399 g/mol. The van der Waals surface area contributed by atoms with Crippen LogP contribution in [0.15, 0.2) is 54.6 Å². The van der Waals surface area contributed by atoms with Gasteiger partial charge in [-0.25, -0.2) is 0 Å². The third-order valence-corrected chi connectivity index (χ3v) is 4.46. The molecule has 29 heavy (non-hydrogen) atoms. The fourth-order valence-electron chi connectivity index (χ4n) is 2.86. The summed E-state index contributed by atoms with van der Waals surface area (Å²) in [4.78, 5) is 4.02. The van der Waals surface area contributed by atoms with E-state index in [2.05, 4.69) is 66.9 Å². The van der Waals surface area contributed by atoms with E-state index in [0.717, 1.165) is 39.0 Å². The number of hydrogen-bond donors (Lipinski definition) is 4. The number of benzene rings is 2. The molecular weight excluding hydrogens is 360 g/mol. The van der Waals surface area contributed by atoms with Crippen LogP contribution in [0, 0.1) is 10.8 Å². The normalized spacial score (nSPS) is 11.1. The molecule has 160 valence electrons. The Morgan fingerprint density at radius 3 is 2.07 bits per heavy atom. The maximum Gasteiger partial charge on any atom is 0.0820 e. The summed E-state index contributed by atoms with van der Waals surface area (Å²) < 4.78 is 0. The van der Waals surface area contributed by atoms with Crippen molar-refractivity contribution in [2.75, 3.05) is 33.7 Å². The minimum atomic E-state index is 0.902. The van der Waals surface area contributed by atoms with E-state index in [1.807, 2.05) is 15.9 Å². The monoisotopic (exact) mass is 398 g/mol. The van der Waals surface area contributed by atoms with Crippen molar-refractivity contribution in [2.24, 2.45) is 11.5 Å². The van der Waals surface area contributed by atoms with E-state index in [4.69, 9.17) is 10.8 Å². The average Bonchev–Trinajstić information content (AvgIpc) is 2.83. The van der Waals surface area contributed by atoms with Gasteiger partial charge in [0.1, 0.15) is 0 Å². The SMILES string of the molecule is CCN(C=N)CCc1ccccc1.CN.CN.N=CN1CCc2ccccc2C1. The van der Waals surface area contributed by atoms with Gasteiger partial charge in [-0.3, -0.25) is 10.8 Å². The number of hydrogen-bond acceptors (Lipinski definition) is 4. The lowest BCUT2D eigenvalue weighted by atomic mass is 10.0. The van der Waals surface area contributed by atoms with E-state index in [-0.39, 0.29) is 0 Å². The van der Waals surface area contributed by atoms with Crippen LogP contribution in [-0.4, -0.2) is 56.2 Å². The van der Waals surface area contributed by atoms with Crippen LogP contribution in [-0.2, 0) is 19.4 Å². The van der Waals surface area contributed by atoms with Crippen molar-refractivity contribution in [1.82, 2.24) is 9.80 Å². The van der Waals surface area contributed by atoms with Crippen LogP contribution in [0.4, 0.5) is 0 Å². The molecule has 6 nitrogen and oxygen atoms in total. The third kappa shape index (κ3) is 10.4. The van der Waals surface area contributed by atoms with E-state index in [1.165, 1.54) is 43.5 Å². The molecule has 6 heteroatoms. The van der Waals surface area contributed by atoms with Gasteiger partial charge in [0.15, 0.2) is 0 Å². The van der Waals surface area contributed by atoms with Crippen molar-refractivity contribution in [3.05, 3.63) is 71.3 Å². The number of fused-ring (bicyclic) bond motifs is 1. The summed E-state index contributed by atoms with van der Waals surface area (Å²) in [6.45, 7) is 5.80. The Kier molecular flexibility index (Phi) is 15.8. The lowest BCUT2D eigenvalue weighted by molar-refractivity contribution is 0.403.